The third-order valence-corrected chi connectivity index (χ3v) is 2.67. The van der Waals surface area contributed by atoms with Gasteiger partial charge in [-0.3, -0.25) is 4.98 Å². The summed E-state index contributed by atoms with van der Waals surface area (Å²) in [5.74, 6) is 0. The van der Waals surface area contributed by atoms with E-state index in [1.807, 2.05) is 17.6 Å². The second kappa shape index (κ2) is 4.95. The van der Waals surface area contributed by atoms with Crippen LogP contribution in [0.25, 0.3) is 0 Å². The maximum absolute atomic E-state index is 4.30. The zero-order valence-electron chi connectivity index (χ0n) is 8.47. The summed E-state index contributed by atoms with van der Waals surface area (Å²) < 4.78 is 3.80. The third kappa shape index (κ3) is 2.81. The minimum Gasteiger partial charge on any atom is -0.305 e. The lowest BCUT2D eigenvalue weighted by Crippen LogP contribution is -2.14. The van der Waals surface area contributed by atoms with E-state index in [4.69, 9.17) is 0 Å². The van der Waals surface area contributed by atoms with Gasteiger partial charge in [0, 0.05) is 24.7 Å². The molecule has 2 aromatic heterocycles. The van der Waals surface area contributed by atoms with Crippen molar-refractivity contribution in [1.29, 1.82) is 0 Å². The first kappa shape index (κ1) is 10.2. The number of pyridine rings is 1. The summed E-state index contributed by atoms with van der Waals surface area (Å²) in [6.45, 7) is 3.57. The maximum atomic E-state index is 4.30. The second-order valence-electron chi connectivity index (χ2n) is 3.27. The molecule has 1 N–H and O–H groups in total. The Morgan fingerprint density at radius 3 is 3.07 bits per heavy atom. The van der Waals surface area contributed by atoms with Crippen LogP contribution in [0.1, 0.15) is 17.0 Å². The highest BCUT2D eigenvalue weighted by Crippen LogP contribution is 2.03. The standard InChI is InChI=1S/C10H12N4S/c1-8-3-2-4-12-10(8)6-11-5-9-7-15-14-13-9/h2-4,7,11H,5-6H2,1H3. The van der Waals surface area contributed by atoms with E-state index in [0.717, 1.165) is 24.5 Å². The Balaban J connectivity index is 1.86. The van der Waals surface area contributed by atoms with Crippen molar-refractivity contribution in [3.63, 3.8) is 0 Å². The van der Waals surface area contributed by atoms with E-state index in [1.54, 1.807) is 0 Å². The molecule has 0 atom stereocenters. The van der Waals surface area contributed by atoms with Gasteiger partial charge in [0.15, 0.2) is 0 Å². The molecule has 0 aliphatic rings. The lowest BCUT2D eigenvalue weighted by Gasteiger charge is -2.04. The Kier molecular flexibility index (Phi) is 3.37. The first-order chi connectivity index (χ1) is 7.36. The number of nitrogens with one attached hydrogen (secondary N) is 1. The van der Waals surface area contributed by atoms with Crippen molar-refractivity contribution in [2.24, 2.45) is 0 Å². The molecular weight excluding hydrogens is 208 g/mol. The summed E-state index contributed by atoms with van der Waals surface area (Å²) in [7, 11) is 0. The van der Waals surface area contributed by atoms with Gasteiger partial charge in [-0.1, -0.05) is 10.6 Å². The molecule has 0 fully saturated rings. The maximum Gasteiger partial charge on any atom is 0.0893 e. The molecule has 2 aromatic rings. The minimum absolute atomic E-state index is 0.743. The van der Waals surface area contributed by atoms with Gasteiger partial charge in [0.05, 0.1) is 11.4 Å². The number of aromatic nitrogens is 3. The van der Waals surface area contributed by atoms with Crippen LogP contribution < -0.4 is 5.32 Å². The minimum atomic E-state index is 0.743. The normalized spacial score (nSPS) is 10.5. The van der Waals surface area contributed by atoms with Crippen LogP contribution in [-0.2, 0) is 13.1 Å². The van der Waals surface area contributed by atoms with Gasteiger partial charge in [-0.05, 0) is 30.1 Å². The Labute approximate surface area is 92.5 Å². The molecule has 0 aromatic carbocycles. The molecule has 0 saturated heterocycles. The van der Waals surface area contributed by atoms with Gasteiger partial charge < -0.3 is 5.32 Å². The van der Waals surface area contributed by atoms with E-state index < -0.39 is 0 Å². The number of rotatable bonds is 4. The lowest BCUT2D eigenvalue weighted by molar-refractivity contribution is 0.662. The summed E-state index contributed by atoms with van der Waals surface area (Å²) in [5.41, 5.74) is 3.27. The van der Waals surface area contributed by atoms with Crippen LogP contribution in [0, 0.1) is 6.92 Å². The summed E-state index contributed by atoms with van der Waals surface area (Å²) in [5, 5.41) is 9.18. The molecule has 4 nitrogen and oxygen atoms in total. The van der Waals surface area contributed by atoms with Crippen LogP contribution in [0.3, 0.4) is 0 Å². The zero-order chi connectivity index (χ0) is 10.5. The largest absolute Gasteiger partial charge is 0.305 e. The van der Waals surface area contributed by atoms with Gasteiger partial charge in [-0.15, -0.1) is 5.10 Å². The van der Waals surface area contributed by atoms with Crippen molar-refractivity contribution in [2.75, 3.05) is 0 Å². The summed E-state index contributed by atoms with van der Waals surface area (Å²) in [6.07, 6.45) is 1.81. The topological polar surface area (TPSA) is 50.7 Å². The lowest BCUT2D eigenvalue weighted by atomic mass is 10.2. The van der Waals surface area contributed by atoms with E-state index in [9.17, 15) is 0 Å². The quantitative estimate of drug-likeness (QED) is 0.849. The number of hydrogen-bond acceptors (Lipinski definition) is 5. The number of aryl methyl sites for hydroxylation is 1. The highest BCUT2D eigenvalue weighted by Gasteiger charge is 1.99. The fourth-order valence-corrected chi connectivity index (χ4v) is 1.72. The van der Waals surface area contributed by atoms with Gasteiger partial charge in [0.1, 0.15) is 0 Å². The summed E-state index contributed by atoms with van der Waals surface area (Å²) in [6, 6.07) is 4.01. The molecule has 0 saturated carbocycles. The Bertz CT molecular complexity index is 413. The molecule has 15 heavy (non-hydrogen) atoms. The van der Waals surface area contributed by atoms with Crippen LogP contribution in [0.4, 0.5) is 0 Å². The average Bonchev–Trinajstić information content (AvgIpc) is 2.74. The van der Waals surface area contributed by atoms with Crippen molar-refractivity contribution in [1.82, 2.24) is 19.9 Å². The highest BCUT2D eigenvalue weighted by molar-refractivity contribution is 7.03. The molecule has 0 aliphatic heterocycles. The Morgan fingerprint density at radius 2 is 2.33 bits per heavy atom. The smallest absolute Gasteiger partial charge is 0.0893 e. The second-order valence-corrected chi connectivity index (χ2v) is 3.88. The summed E-state index contributed by atoms with van der Waals surface area (Å²) >= 11 is 1.37. The van der Waals surface area contributed by atoms with E-state index in [0.29, 0.717) is 0 Å². The molecule has 78 valence electrons. The monoisotopic (exact) mass is 220 g/mol. The predicted octanol–water partition coefficient (Wildman–Crippen LogP) is 1.53. The molecule has 2 rings (SSSR count). The van der Waals surface area contributed by atoms with E-state index in [2.05, 4.69) is 32.9 Å². The first-order valence-electron chi connectivity index (χ1n) is 4.73. The summed E-state index contributed by atoms with van der Waals surface area (Å²) in [4.78, 5) is 4.30. The number of hydrogen-bond donors (Lipinski definition) is 1. The van der Waals surface area contributed by atoms with Crippen LogP contribution in [0.5, 0.6) is 0 Å². The molecule has 0 amide bonds. The Hall–Kier alpha value is -1.33. The molecule has 0 bridgehead atoms. The molecule has 0 radical (unpaired) electrons. The van der Waals surface area contributed by atoms with Gasteiger partial charge in [-0.2, -0.15) is 0 Å². The van der Waals surface area contributed by atoms with Gasteiger partial charge >= 0.3 is 0 Å². The predicted molar refractivity (Wildman–Crippen MR) is 59.4 cm³/mol. The van der Waals surface area contributed by atoms with Crippen molar-refractivity contribution in [3.8, 4) is 0 Å². The van der Waals surface area contributed by atoms with Crippen molar-refractivity contribution in [3.05, 3.63) is 40.7 Å². The van der Waals surface area contributed by atoms with Gasteiger partial charge in [0.25, 0.3) is 0 Å². The van der Waals surface area contributed by atoms with Crippen LogP contribution in [0.15, 0.2) is 23.7 Å². The molecule has 0 spiro atoms. The van der Waals surface area contributed by atoms with Gasteiger partial charge in [0.2, 0.25) is 0 Å². The molecular formula is C10H12N4S. The van der Waals surface area contributed by atoms with E-state index in [-0.39, 0.29) is 0 Å². The van der Waals surface area contributed by atoms with Crippen LogP contribution in [-0.4, -0.2) is 14.6 Å². The van der Waals surface area contributed by atoms with Crippen LogP contribution in [0.2, 0.25) is 0 Å². The van der Waals surface area contributed by atoms with E-state index >= 15 is 0 Å². The van der Waals surface area contributed by atoms with Crippen molar-refractivity contribution in [2.45, 2.75) is 20.0 Å². The van der Waals surface area contributed by atoms with Crippen molar-refractivity contribution >= 4 is 11.5 Å². The van der Waals surface area contributed by atoms with Crippen LogP contribution >= 0.6 is 11.5 Å². The Morgan fingerprint density at radius 1 is 1.40 bits per heavy atom. The molecule has 2 heterocycles. The van der Waals surface area contributed by atoms with E-state index in [1.165, 1.54) is 17.1 Å². The SMILES string of the molecule is Cc1cccnc1CNCc1csnn1. The number of nitrogens with zero attached hydrogens (tertiary/aromatic N) is 3. The fourth-order valence-electron chi connectivity index (χ4n) is 1.27. The average molecular weight is 220 g/mol. The third-order valence-electron chi connectivity index (χ3n) is 2.12. The molecule has 0 unspecified atom stereocenters. The first-order valence-corrected chi connectivity index (χ1v) is 5.57. The fraction of sp³-hybridized carbons (Fsp3) is 0.300. The highest BCUT2D eigenvalue weighted by atomic mass is 32.1. The van der Waals surface area contributed by atoms with Gasteiger partial charge in [-0.25, -0.2) is 0 Å². The van der Waals surface area contributed by atoms with Crippen molar-refractivity contribution < 1.29 is 0 Å². The molecule has 0 aliphatic carbocycles. The zero-order valence-corrected chi connectivity index (χ0v) is 9.29. The molecule has 5 heteroatoms.